The molecule has 1 aliphatic rings. The van der Waals surface area contributed by atoms with Gasteiger partial charge in [-0.25, -0.2) is 9.97 Å². The predicted molar refractivity (Wildman–Crippen MR) is 117 cm³/mol. The Morgan fingerprint density at radius 2 is 1.81 bits per heavy atom. The highest BCUT2D eigenvalue weighted by atomic mass is 16.5. The summed E-state index contributed by atoms with van der Waals surface area (Å²) in [6.07, 6.45) is 3.38. The zero-order valence-corrected chi connectivity index (χ0v) is 16.6. The number of amides is 1. The number of hydrogen-bond donors (Lipinski definition) is 2. The van der Waals surface area contributed by atoms with E-state index in [1.165, 1.54) is 5.56 Å². The first-order chi connectivity index (χ1) is 15.2. The Balaban J connectivity index is 1.48. The maximum Gasteiger partial charge on any atom is 0.249 e. The normalized spacial score (nSPS) is 12.4. The lowest BCUT2D eigenvalue weighted by Gasteiger charge is -2.11. The van der Waals surface area contributed by atoms with E-state index in [1.807, 2.05) is 36.4 Å². The Labute approximate surface area is 179 Å². The van der Waals surface area contributed by atoms with Crippen LogP contribution < -0.4 is 11.1 Å². The number of nitrogens with two attached hydrogens (primary N) is 1. The fourth-order valence-electron chi connectivity index (χ4n) is 3.69. The Kier molecular flexibility index (Phi) is 4.86. The van der Waals surface area contributed by atoms with Gasteiger partial charge in [0.2, 0.25) is 11.9 Å². The summed E-state index contributed by atoms with van der Waals surface area (Å²) in [6.45, 7) is 1.19. The third kappa shape index (κ3) is 3.74. The molecular formula is C24H19N5O2. The number of nitrogens with one attached hydrogen (secondary N) is 1. The van der Waals surface area contributed by atoms with Crippen LogP contribution in [-0.4, -0.2) is 20.9 Å². The topological polar surface area (TPSA) is 103 Å². The second kappa shape index (κ2) is 7.97. The van der Waals surface area contributed by atoms with Gasteiger partial charge in [0, 0.05) is 29.2 Å². The first-order valence-corrected chi connectivity index (χ1v) is 9.83. The summed E-state index contributed by atoms with van der Waals surface area (Å²) in [5.41, 5.74) is 12.2. The smallest absolute Gasteiger partial charge is 0.249 e. The maximum atomic E-state index is 11.8. The predicted octanol–water partition coefficient (Wildman–Crippen LogP) is 4.08. The SMILES string of the molecule is NC(=O)c1ccccc1-c1ccnc(-c2ccnc(Nc3cccc4c3COC4)n2)c1. The van der Waals surface area contributed by atoms with E-state index in [-0.39, 0.29) is 0 Å². The van der Waals surface area contributed by atoms with Gasteiger partial charge < -0.3 is 15.8 Å². The Bertz CT molecular complexity index is 1290. The van der Waals surface area contributed by atoms with Crippen LogP contribution in [0.4, 0.5) is 11.6 Å². The molecule has 4 aromatic rings. The lowest BCUT2D eigenvalue weighted by atomic mass is 9.99. The van der Waals surface area contributed by atoms with Gasteiger partial charge in [-0.3, -0.25) is 9.78 Å². The quantitative estimate of drug-likeness (QED) is 0.515. The van der Waals surface area contributed by atoms with Crippen molar-refractivity contribution >= 4 is 17.5 Å². The molecule has 0 saturated carbocycles. The molecule has 0 saturated heterocycles. The molecule has 152 valence electrons. The van der Waals surface area contributed by atoms with Gasteiger partial charge in [0.15, 0.2) is 0 Å². The fourth-order valence-corrected chi connectivity index (χ4v) is 3.69. The molecular weight excluding hydrogens is 390 g/mol. The molecule has 7 heteroatoms. The van der Waals surface area contributed by atoms with Gasteiger partial charge >= 0.3 is 0 Å². The van der Waals surface area contributed by atoms with Crippen molar-refractivity contribution < 1.29 is 9.53 Å². The number of pyridine rings is 1. The highest BCUT2D eigenvalue weighted by Gasteiger charge is 2.16. The number of ether oxygens (including phenoxy) is 1. The van der Waals surface area contributed by atoms with Gasteiger partial charge in [0.1, 0.15) is 0 Å². The maximum absolute atomic E-state index is 11.8. The van der Waals surface area contributed by atoms with Crippen LogP contribution in [0.2, 0.25) is 0 Å². The molecule has 0 atom stereocenters. The van der Waals surface area contributed by atoms with Crippen molar-refractivity contribution in [3.63, 3.8) is 0 Å². The lowest BCUT2D eigenvalue weighted by molar-refractivity contribution is 0.100. The van der Waals surface area contributed by atoms with Crippen LogP contribution >= 0.6 is 0 Å². The van der Waals surface area contributed by atoms with Crippen LogP contribution in [0.5, 0.6) is 0 Å². The van der Waals surface area contributed by atoms with Crippen molar-refractivity contribution in [1.29, 1.82) is 0 Å². The van der Waals surface area contributed by atoms with Gasteiger partial charge in [0.25, 0.3) is 0 Å². The number of primary amides is 1. The summed E-state index contributed by atoms with van der Waals surface area (Å²) in [5.74, 6) is 0.00407. The molecule has 0 aliphatic carbocycles. The van der Waals surface area contributed by atoms with Gasteiger partial charge in [-0.05, 0) is 47.0 Å². The number of anilines is 2. The summed E-state index contributed by atoms with van der Waals surface area (Å²) < 4.78 is 5.54. The van der Waals surface area contributed by atoms with Crippen molar-refractivity contribution in [2.24, 2.45) is 5.73 Å². The zero-order valence-electron chi connectivity index (χ0n) is 16.6. The van der Waals surface area contributed by atoms with Crippen molar-refractivity contribution in [3.8, 4) is 22.5 Å². The van der Waals surface area contributed by atoms with Gasteiger partial charge in [-0.1, -0.05) is 30.3 Å². The van der Waals surface area contributed by atoms with Crippen LogP contribution in [0, 0.1) is 0 Å². The van der Waals surface area contributed by atoms with Gasteiger partial charge in [-0.2, -0.15) is 0 Å². The van der Waals surface area contributed by atoms with Crippen LogP contribution in [0.15, 0.2) is 73.1 Å². The molecule has 31 heavy (non-hydrogen) atoms. The third-order valence-corrected chi connectivity index (χ3v) is 5.20. The highest BCUT2D eigenvalue weighted by Crippen LogP contribution is 2.30. The van der Waals surface area contributed by atoms with Crippen LogP contribution in [0.25, 0.3) is 22.5 Å². The number of hydrogen-bond acceptors (Lipinski definition) is 6. The molecule has 0 unspecified atom stereocenters. The minimum Gasteiger partial charge on any atom is -0.372 e. The van der Waals surface area contributed by atoms with E-state index in [9.17, 15) is 4.79 Å². The van der Waals surface area contributed by atoms with E-state index in [1.54, 1.807) is 30.6 Å². The zero-order chi connectivity index (χ0) is 21.2. The van der Waals surface area contributed by atoms with Crippen molar-refractivity contribution in [2.75, 3.05) is 5.32 Å². The second-order valence-electron chi connectivity index (χ2n) is 7.17. The van der Waals surface area contributed by atoms with E-state index in [0.29, 0.717) is 36.1 Å². The molecule has 0 fully saturated rings. The summed E-state index contributed by atoms with van der Waals surface area (Å²) in [4.78, 5) is 25.3. The number of rotatable bonds is 5. The van der Waals surface area contributed by atoms with E-state index in [2.05, 4.69) is 26.3 Å². The summed E-state index contributed by atoms with van der Waals surface area (Å²) >= 11 is 0. The molecule has 0 bridgehead atoms. The summed E-state index contributed by atoms with van der Waals surface area (Å²) in [6, 6.07) is 18.8. The molecule has 1 aliphatic heterocycles. The second-order valence-corrected chi connectivity index (χ2v) is 7.17. The third-order valence-electron chi connectivity index (χ3n) is 5.20. The first-order valence-electron chi connectivity index (χ1n) is 9.83. The molecule has 7 nitrogen and oxygen atoms in total. The van der Waals surface area contributed by atoms with Crippen molar-refractivity contribution in [3.05, 3.63) is 89.7 Å². The van der Waals surface area contributed by atoms with Crippen LogP contribution in [0.1, 0.15) is 21.5 Å². The minimum absolute atomic E-state index is 0.463. The summed E-state index contributed by atoms with van der Waals surface area (Å²) in [5, 5.41) is 3.29. The summed E-state index contributed by atoms with van der Waals surface area (Å²) in [7, 11) is 0. The minimum atomic E-state index is -0.471. The molecule has 3 N–H and O–H groups in total. The molecule has 1 amide bonds. The molecule has 3 heterocycles. The Morgan fingerprint density at radius 1 is 0.935 bits per heavy atom. The molecule has 0 radical (unpaired) electrons. The fraction of sp³-hybridized carbons (Fsp3) is 0.0833. The van der Waals surface area contributed by atoms with E-state index in [4.69, 9.17) is 10.5 Å². The lowest BCUT2D eigenvalue weighted by Crippen LogP contribution is -2.12. The van der Waals surface area contributed by atoms with Gasteiger partial charge in [0.05, 0.1) is 24.6 Å². The van der Waals surface area contributed by atoms with Crippen LogP contribution in [-0.2, 0) is 18.0 Å². The highest BCUT2D eigenvalue weighted by molar-refractivity contribution is 6.00. The van der Waals surface area contributed by atoms with Crippen molar-refractivity contribution in [2.45, 2.75) is 13.2 Å². The molecule has 5 rings (SSSR count). The van der Waals surface area contributed by atoms with Crippen molar-refractivity contribution in [1.82, 2.24) is 15.0 Å². The molecule has 2 aromatic carbocycles. The number of carbonyl (C=O) groups excluding carboxylic acids is 1. The number of nitrogens with zero attached hydrogens (tertiary/aromatic N) is 3. The number of carbonyl (C=O) groups is 1. The number of benzene rings is 2. The number of fused-ring (bicyclic) bond motifs is 1. The van der Waals surface area contributed by atoms with E-state index < -0.39 is 5.91 Å². The standard InChI is InChI=1S/C24H19N5O2/c25-23(30)18-6-2-1-5-17(18)15-8-10-26-22(12-15)21-9-11-27-24(29-21)28-20-7-3-4-16-13-31-14-19(16)20/h1-12H,13-14H2,(H2,25,30)(H,27,28,29). The molecule has 2 aromatic heterocycles. The number of aromatic nitrogens is 3. The largest absolute Gasteiger partial charge is 0.372 e. The average Bonchev–Trinajstić information content (AvgIpc) is 3.29. The average molecular weight is 409 g/mol. The van der Waals surface area contributed by atoms with Crippen LogP contribution in [0.3, 0.4) is 0 Å². The molecule has 0 spiro atoms. The van der Waals surface area contributed by atoms with E-state index >= 15 is 0 Å². The first kappa shape index (κ1) is 18.9. The Hall–Kier alpha value is -4.10. The van der Waals surface area contributed by atoms with E-state index in [0.717, 1.165) is 22.4 Å². The van der Waals surface area contributed by atoms with Gasteiger partial charge in [-0.15, -0.1) is 0 Å². The Morgan fingerprint density at radius 3 is 2.71 bits per heavy atom. The monoisotopic (exact) mass is 409 g/mol.